The summed E-state index contributed by atoms with van der Waals surface area (Å²) < 4.78 is 3.16. The van der Waals surface area contributed by atoms with E-state index < -0.39 is 0 Å². The standard InChI is InChI=1S/C18H20N8S/c1-12-3-4-13-14(9-12)27-18(24-13)25-17-15(19)16(22-10-23-17)21-5-2-7-26-8-6-20-11-26/h3-4,6,8-11H,2,5,7,19H2,1H3,(H2,21,22,23,24,25). The van der Waals surface area contributed by atoms with Crippen molar-refractivity contribution in [1.29, 1.82) is 0 Å². The average Bonchev–Trinajstić information content (AvgIpc) is 3.30. The van der Waals surface area contributed by atoms with Gasteiger partial charge in [-0.1, -0.05) is 17.4 Å². The van der Waals surface area contributed by atoms with Gasteiger partial charge in [-0.2, -0.15) is 0 Å². The monoisotopic (exact) mass is 380 g/mol. The molecule has 0 spiro atoms. The molecule has 0 aliphatic rings. The first-order valence-electron chi connectivity index (χ1n) is 8.63. The van der Waals surface area contributed by atoms with Gasteiger partial charge in [-0.25, -0.2) is 19.9 Å². The molecule has 27 heavy (non-hydrogen) atoms. The van der Waals surface area contributed by atoms with Crippen molar-refractivity contribution >= 4 is 44.0 Å². The van der Waals surface area contributed by atoms with E-state index in [9.17, 15) is 0 Å². The van der Waals surface area contributed by atoms with Gasteiger partial charge < -0.3 is 20.9 Å². The fraction of sp³-hybridized carbons (Fsp3) is 0.222. The highest BCUT2D eigenvalue weighted by molar-refractivity contribution is 7.22. The summed E-state index contributed by atoms with van der Waals surface area (Å²) in [6.45, 7) is 3.70. The van der Waals surface area contributed by atoms with Crippen molar-refractivity contribution < 1.29 is 0 Å². The number of thiazole rings is 1. The van der Waals surface area contributed by atoms with Crippen molar-refractivity contribution in [3.63, 3.8) is 0 Å². The van der Waals surface area contributed by atoms with Crippen LogP contribution in [0.4, 0.5) is 22.5 Å². The van der Waals surface area contributed by atoms with Crippen LogP contribution in [0.1, 0.15) is 12.0 Å². The van der Waals surface area contributed by atoms with E-state index in [4.69, 9.17) is 5.73 Å². The molecular weight excluding hydrogens is 360 g/mol. The lowest BCUT2D eigenvalue weighted by atomic mass is 10.2. The number of aromatic nitrogens is 5. The smallest absolute Gasteiger partial charge is 0.189 e. The number of hydrogen-bond donors (Lipinski definition) is 3. The fourth-order valence-electron chi connectivity index (χ4n) is 2.71. The minimum absolute atomic E-state index is 0.482. The molecule has 8 nitrogen and oxygen atoms in total. The van der Waals surface area contributed by atoms with Crippen LogP contribution in [0.3, 0.4) is 0 Å². The van der Waals surface area contributed by atoms with E-state index >= 15 is 0 Å². The maximum atomic E-state index is 6.24. The van der Waals surface area contributed by atoms with E-state index in [1.54, 1.807) is 23.9 Å². The second-order valence-corrected chi connectivity index (χ2v) is 7.21. The molecule has 4 rings (SSSR count). The number of aryl methyl sites for hydroxylation is 2. The number of nitrogens with two attached hydrogens (primary N) is 1. The van der Waals surface area contributed by atoms with Crippen LogP contribution in [0, 0.1) is 6.92 Å². The van der Waals surface area contributed by atoms with Crippen molar-refractivity contribution in [2.75, 3.05) is 22.9 Å². The first kappa shape index (κ1) is 17.2. The van der Waals surface area contributed by atoms with Gasteiger partial charge in [-0.3, -0.25) is 0 Å². The highest BCUT2D eigenvalue weighted by atomic mass is 32.1. The molecule has 3 aromatic heterocycles. The molecule has 0 bridgehead atoms. The molecule has 3 heterocycles. The Hall–Kier alpha value is -3.20. The molecule has 0 unspecified atom stereocenters. The van der Waals surface area contributed by atoms with Crippen LogP contribution in [0.5, 0.6) is 0 Å². The van der Waals surface area contributed by atoms with Crippen molar-refractivity contribution in [3.05, 3.63) is 48.8 Å². The zero-order valence-electron chi connectivity index (χ0n) is 14.9. The number of nitrogen functional groups attached to an aromatic ring is 1. The minimum Gasteiger partial charge on any atom is -0.393 e. The number of hydrogen-bond acceptors (Lipinski definition) is 8. The van der Waals surface area contributed by atoms with E-state index in [1.807, 2.05) is 16.8 Å². The van der Waals surface area contributed by atoms with Crippen LogP contribution < -0.4 is 16.4 Å². The SMILES string of the molecule is Cc1ccc2nc(Nc3ncnc(NCCCn4ccnc4)c3N)sc2c1. The quantitative estimate of drug-likeness (QED) is 0.422. The topological polar surface area (TPSA) is 107 Å². The lowest BCUT2D eigenvalue weighted by molar-refractivity contribution is 0.660. The molecule has 0 saturated carbocycles. The van der Waals surface area contributed by atoms with Gasteiger partial charge >= 0.3 is 0 Å². The predicted octanol–water partition coefficient (Wildman–Crippen LogP) is 3.42. The van der Waals surface area contributed by atoms with Gasteiger partial charge in [-0.15, -0.1) is 0 Å². The molecule has 1 aromatic carbocycles. The number of rotatable bonds is 7. The molecule has 0 fully saturated rings. The summed E-state index contributed by atoms with van der Waals surface area (Å²) in [6, 6.07) is 6.19. The average molecular weight is 380 g/mol. The van der Waals surface area contributed by atoms with Crippen molar-refractivity contribution in [2.24, 2.45) is 0 Å². The first-order chi connectivity index (χ1) is 13.2. The van der Waals surface area contributed by atoms with Crippen molar-refractivity contribution in [2.45, 2.75) is 19.9 Å². The van der Waals surface area contributed by atoms with Crippen LogP contribution in [0.2, 0.25) is 0 Å². The second-order valence-electron chi connectivity index (χ2n) is 6.18. The third-order valence-electron chi connectivity index (χ3n) is 4.10. The zero-order valence-corrected chi connectivity index (χ0v) is 15.7. The summed E-state index contributed by atoms with van der Waals surface area (Å²) in [4.78, 5) is 17.1. The van der Waals surface area contributed by atoms with Crippen LogP contribution in [-0.2, 0) is 6.54 Å². The largest absolute Gasteiger partial charge is 0.393 e. The Morgan fingerprint density at radius 1 is 1.22 bits per heavy atom. The number of imidazole rings is 1. The molecule has 9 heteroatoms. The van der Waals surface area contributed by atoms with Crippen LogP contribution in [0.15, 0.2) is 43.2 Å². The Morgan fingerprint density at radius 3 is 2.96 bits per heavy atom. The van der Waals surface area contributed by atoms with E-state index in [2.05, 4.69) is 49.6 Å². The Bertz CT molecular complexity index is 1040. The molecule has 0 radical (unpaired) electrons. The Kier molecular flexibility index (Phi) is 4.84. The molecule has 4 aromatic rings. The predicted molar refractivity (Wildman–Crippen MR) is 109 cm³/mol. The third-order valence-corrected chi connectivity index (χ3v) is 5.03. The lowest BCUT2D eigenvalue weighted by Crippen LogP contribution is -2.10. The molecular formula is C18H20N8S. The molecule has 4 N–H and O–H groups in total. The van der Waals surface area contributed by atoms with Gasteiger partial charge in [0.1, 0.15) is 12.0 Å². The van der Waals surface area contributed by atoms with E-state index in [0.29, 0.717) is 17.3 Å². The first-order valence-corrected chi connectivity index (χ1v) is 9.45. The maximum absolute atomic E-state index is 6.24. The Labute approximate surface area is 160 Å². The number of nitrogens with zero attached hydrogens (tertiary/aromatic N) is 5. The highest BCUT2D eigenvalue weighted by Crippen LogP contribution is 2.31. The molecule has 0 atom stereocenters. The summed E-state index contributed by atoms with van der Waals surface area (Å²) >= 11 is 1.57. The fourth-order valence-corrected chi connectivity index (χ4v) is 3.67. The summed E-state index contributed by atoms with van der Waals surface area (Å²) in [5.74, 6) is 1.17. The number of nitrogens with one attached hydrogen (secondary N) is 2. The van der Waals surface area contributed by atoms with E-state index in [-0.39, 0.29) is 0 Å². The summed E-state index contributed by atoms with van der Waals surface area (Å²) in [7, 11) is 0. The van der Waals surface area contributed by atoms with Crippen molar-refractivity contribution in [3.8, 4) is 0 Å². The molecule has 138 valence electrons. The van der Waals surface area contributed by atoms with Gasteiger partial charge in [-0.05, 0) is 31.0 Å². The van der Waals surface area contributed by atoms with Crippen LogP contribution >= 0.6 is 11.3 Å². The second kappa shape index (κ2) is 7.58. The number of benzene rings is 1. The highest BCUT2D eigenvalue weighted by Gasteiger charge is 2.11. The van der Waals surface area contributed by atoms with Crippen LogP contribution in [-0.4, -0.2) is 31.0 Å². The van der Waals surface area contributed by atoms with E-state index in [1.165, 1.54) is 11.9 Å². The van der Waals surface area contributed by atoms with Gasteiger partial charge in [0.2, 0.25) is 0 Å². The number of anilines is 4. The Balaban J connectivity index is 1.42. The van der Waals surface area contributed by atoms with Gasteiger partial charge in [0, 0.05) is 25.5 Å². The maximum Gasteiger partial charge on any atom is 0.189 e. The molecule has 0 saturated heterocycles. The van der Waals surface area contributed by atoms with Crippen LogP contribution in [0.25, 0.3) is 10.2 Å². The van der Waals surface area contributed by atoms with E-state index in [0.717, 1.165) is 34.9 Å². The van der Waals surface area contributed by atoms with Crippen molar-refractivity contribution in [1.82, 2.24) is 24.5 Å². The number of fused-ring (bicyclic) bond motifs is 1. The minimum atomic E-state index is 0.482. The summed E-state index contributed by atoms with van der Waals surface area (Å²) in [6.07, 6.45) is 7.95. The van der Waals surface area contributed by atoms with Gasteiger partial charge in [0.05, 0.1) is 16.5 Å². The normalized spacial score (nSPS) is 11.0. The molecule has 0 aliphatic heterocycles. The Morgan fingerprint density at radius 2 is 2.11 bits per heavy atom. The molecule has 0 aliphatic carbocycles. The molecule has 0 amide bonds. The summed E-state index contributed by atoms with van der Waals surface area (Å²) in [5, 5.41) is 7.24. The third kappa shape index (κ3) is 3.98. The zero-order chi connectivity index (χ0) is 18.6. The lowest BCUT2D eigenvalue weighted by Gasteiger charge is -2.11. The van der Waals surface area contributed by atoms with Gasteiger partial charge in [0.15, 0.2) is 16.8 Å². The van der Waals surface area contributed by atoms with Gasteiger partial charge in [0.25, 0.3) is 0 Å². The summed E-state index contributed by atoms with van der Waals surface area (Å²) in [5.41, 5.74) is 8.89.